The number of benzene rings is 4. The highest BCUT2D eigenvalue weighted by Crippen LogP contribution is 2.62. The molecule has 2 aliphatic rings. The van der Waals surface area contributed by atoms with Crippen LogP contribution in [0.1, 0.15) is 49.9 Å². The molecule has 0 amide bonds. The van der Waals surface area contributed by atoms with Crippen LogP contribution in [0, 0.1) is 0 Å². The van der Waals surface area contributed by atoms with Crippen LogP contribution in [0.5, 0.6) is 0 Å². The van der Waals surface area contributed by atoms with Gasteiger partial charge < -0.3 is 5.32 Å². The Balaban J connectivity index is 0.000000582. The Morgan fingerprint density at radius 3 is 1.31 bits per heavy atom. The topological polar surface area (TPSA) is 12.0 Å². The molecule has 0 radical (unpaired) electrons. The Hall–Kier alpha value is -2.36. The van der Waals surface area contributed by atoms with Crippen LogP contribution < -0.4 is 5.32 Å². The predicted octanol–water partition coefficient (Wildman–Crippen LogP) is 9.68. The molecule has 32 heavy (non-hydrogen) atoms. The smallest absolute Gasteiger partial charge is 0.0754 e. The fourth-order valence-electron chi connectivity index (χ4n) is 5.01. The highest BCUT2D eigenvalue weighted by molar-refractivity contribution is 9.11. The lowest BCUT2D eigenvalue weighted by molar-refractivity contribution is 0.761. The number of para-hydroxylation sites is 2. The van der Waals surface area contributed by atoms with E-state index in [0.717, 1.165) is 20.3 Å². The molecule has 0 aromatic heterocycles. The monoisotopic (exact) mass is 547 g/mol. The van der Waals surface area contributed by atoms with E-state index in [1.165, 1.54) is 33.4 Å². The second kappa shape index (κ2) is 9.25. The molecule has 1 N–H and O–H groups in total. The zero-order valence-electron chi connectivity index (χ0n) is 18.8. The summed E-state index contributed by atoms with van der Waals surface area (Å²) >= 11 is 7.58. The molecule has 0 saturated carbocycles. The van der Waals surface area contributed by atoms with E-state index in [0.29, 0.717) is 0 Å². The van der Waals surface area contributed by atoms with Crippen LogP contribution in [0.3, 0.4) is 0 Å². The maximum atomic E-state index is 3.79. The number of hydrogen-bond acceptors (Lipinski definition) is 1. The van der Waals surface area contributed by atoms with Gasteiger partial charge in [0, 0.05) is 8.95 Å². The van der Waals surface area contributed by atoms with Crippen LogP contribution in [0.4, 0.5) is 11.4 Å². The van der Waals surface area contributed by atoms with E-state index in [-0.39, 0.29) is 5.41 Å². The largest absolute Gasteiger partial charge is 0.353 e. The van der Waals surface area contributed by atoms with Gasteiger partial charge in [0.05, 0.1) is 16.8 Å². The average molecular weight is 549 g/mol. The van der Waals surface area contributed by atoms with Gasteiger partial charge >= 0.3 is 0 Å². The van der Waals surface area contributed by atoms with Crippen molar-refractivity contribution >= 4 is 43.2 Å². The van der Waals surface area contributed by atoms with E-state index in [9.17, 15) is 0 Å². The van der Waals surface area contributed by atoms with Crippen molar-refractivity contribution in [2.45, 2.75) is 33.1 Å². The maximum Gasteiger partial charge on any atom is 0.0754 e. The lowest BCUT2D eigenvalue weighted by Crippen LogP contribution is -2.33. The van der Waals surface area contributed by atoms with Gasteiger partial charge in [0.25, 0.3) is 0 Å². The van der Waals surface area contributed by atoms with Crippen LogP contribution in [-0.4, -0.2) is 0 Å². The zero-order chi connectivity index (χ0) is 22.9. The van der Waals surface area contributed by atoms with Gasteiger partial charge in [-0.1, -0.05) is 100 Å². The van der Waals surface area contributed by atoms with Crippen molar-refractivity contribution in [3.63, 3.8) is 0 Å². The minimum Gasteiger partial charge on any atom is -0.353 e. The number of rotatable bonds is 0. The van der Waals surface area contributed by atoms with Gasteiger partial charge in [-0.3, -0.25) is 0 Å². The first-order valence-electron chi connectivity index (χ1n) is 11.3. The fourth-order valence-corrected chi connectivity index (χ4v) is 5.94. The summed E-state index contributed by atoms with van der Waals surface area (Å²) in [6, 6.07) is 30.7. The molecule has 1 nitrogen and oxygen atoms in total. The number of nitrogens with one attached hydrogen (secondary N) is 1. The molecule has 0 atom stereocenters. The Morgan fingerprint density at radius 2 is 0.875 bits per heavy atom. The van der Waals surface area contributed by atoms with Gasteiger partial charge in [-0.05, 0) is 77.4 Å². The molecule has 0 fully saturated rings. The normalized spacial score (nSPS) is 13.2. The van der Waals surface area contributed by atoms with E-state index in [1.54, 1.807) is 0 Å². The molecule has 1 spiro atoms. The Kier molecular flexibility index (Phi) is 6.60. The van der Waals surface area contributed by atoms with Crippen molar-refractivity contribution in [1.29, 1.82) is 0 Å². The Labute approximate surface area is 208 Å². The summed E-state index contributed by atoms with van der Waals surface area (Å²) < 4.78 is 2.15. The van der Waals surface area contributed by atoms with Crippen molar-refractivity contribution in [3.05, 3.63) is 116 Å². The summed E-state index contributed by atoms with van der Waals surface area (Å²) in [5, 5.41) is 3.70. The number of fused-ring (bicyclic) bond motifs is 9. The summed E-state index contributed by atoms with van der Waals surface area (Å²) in [5.74, 6) is 0. The maximum absolute atomic E-state index is 3.79. The standard InChI is InChI=1S/C25H15Br2N.2C2H6/c26-21-13-5-11-19-23(21)28-24-20(12-6-14-22(24)27)25(19)17-9-3-1-7-15(17)16-8-2-4-10-18(16)25;2*1-2/h1-14,28H;2*1-2H3. The van der Waals surface area contributed by atoms with E-state index in [2.05, 4.69) is 122 Å². The molecule has 4 aromatic carbocycles. The van der Waals surface area contributed by atoms with Crippen molar-refractivity contribution in [2.75, 3.05) is 5.32 Å². The van der Waals surface area contributed by atoms with Crippen molar-refractivity contribution in [1.82, 2.24) is 0 Å². The fraction of sp³-hybridized carbons (Fsp3) is 0.172. The summed E-state index contributed by atoms with van der Waals surface area (Å²) in [5.41, 5.74) is 9.81. The summed E-state index contributed by atoms with van der Waals surface area (Å²) in [6.45, 7) is 8.00. The quantitative estimate of drug-likeness (QED) is 0.199. The molecule has 0 saturated heterocycles. The Bertz CT molecular complexity index is 1180. The van der Waals surface area contributed by atoms with Crippen LogP contribution >= 0.6 is 31.9 Å². The van der Waals surface area contributed by atoms with Crippen LogP contribution in [0.15, 0.2) is 93.9 Å². The van der Waals surface area contributed by atoms with Gasteiger partial charge in [0.2, 0.25) is 0 Å². The number of halogens is 2. The lowest BCUT2D eigenvalue weighted by atomic mass is 9.65. The van der Waals surface area contributed by atoms with E-state index in [1.807, 2.05) is 27.7 Å². The minimum absolute atomic E-state index is 0.337. The molecule has 0 unspecified atom stereocenters. The van der Waals surface area contributed by atoms with Crippen molar-refractivity contribution < 1.29 is 0 Å². The highest BCUT2D eigenvalue weighted by atomic mass is 79.9. The molecular formula is C29H27Br2N. The first kappa shape index (κ1) is 22.8. The van der Waals surface area contributed by atoms with E-state index < -0.39 is 0 Å². The predicted molar refractivity (Wildman–Crippen MR) is 145 cm³/mol. The molecular weight excluding hydrogens is 522 g/mol. The molecule has 6 rings (SSSR count). The summed E-state index contributed by atoms with van der Waals surface area (Å²) in [7, 11) is 0. The first-order chi connectivity index (χ1) is 15.7. The van der Waals surface area contributed by atoms with Crippen molar-refractivity contribution in [2.24, 2.45) is 0 Å². The van der Waals surface area contributed by atoms with Crippen LogP contribution in [0.25, 0.3) is 11.1 Å². The molecule has 0 bridgehead atoms. The van der Waals surface area contributed by atoms with Crippen LogP contribution in [-0.2, 0) is 5.41 Å². The molecule has 1 aliphatic carbocycles. The molecule has 162 valence electrons. The minimum atomic E-state index is -0.337. The summed E-state index contributed by atoms with van der Waals surface area (Å²) in [6.07, 6.45) is 0. The van der Waals surface area contributed by atoms with Gasteiger partial charge in [-0.25, -0.2) is 0 Å². The second-order valence-corrected chi connectivity index (χ2v) is 9.00. The van der Waals surface area contributed by atoms with E-state index in [4.69, 9.17) is 0 Å². The molecule has 3 heteroatoms. The molecule has 4 aromatic rings. The SMILES string of the molecule is Brc1cccc2c1Nc1c(Br)cccc1C21c2ccccc2-c2ccccc21.CC.CC. The van der Waals surface area contributed by atoms with Gasteiger partial charge in [0.1, 0.15) is 0 Å². The summed E-state index contributed by atoms with van der Waals surface area (Å²) in [4.78, 5) is 0. The molecule has 1 heterocycles. The highest BCUT2D eigenvalue weighted by Gasteiger charge is 2.50. The third kappa shape index (κ3) is 3.09. The van der Waals surface area contributed by atoms with E-state index >= 15 is 0 Å². The average Bonchev–Trinajstić information content (AvgIpc) is 3.15. The third-order valence-corrected chi connectivity index (χ3v) is 7.36. The zero-order valence-corrected chi connectivity index (χ0v) is 22.0. The molecule has 1 aliphatic heterocycles. The number of hydrogen-bond donors (Lipinski definition) is 1. The Morgan fingerprint density at radius 1 is 0.500 bits per heavy atom. The van der Waals surface area contributed by atoms with Gasteiger partial charge in [-0.2, -0.15) is 0 Å². The van der Waals surface area contributed by atoms with Gasteiger partial charge in [0.15, 0.2) is 0 Å². The first-order valence-corrected chi connectivity index (χ1v) is 12.9. The number of anilines is 2. The third-order valence-electron chi connectivity index (χ3n) is 6.04. The second-order valence-electron chi connectivity index (χ2n) is 7.29. The van der Waals surface area contributed by atoms with Gasteiger partial charge in [-0.15, -0.1) is 0 Å². The van der Waals surface area contributed by atoms with Crippen molar-refractivity contribution in [3.8, 4) is 11.1 Å². The lowest BCUT2D eigenvalue weighted by Gasteiger charge is -2.41. The van der Waals surface area contributed by atoms with Crippen LogP contribution in [0.2, 0.25) is 0 Å².